The normalized spacial score (nSPS) is 10.1. The molecule has 108 valence electrons. The second kappa shape index (κ2) is 8.36. The van der Waals surface area contributed by atoms with Gasteiger partial charge >= 0.3 is 0 Å². The lowest BCUT2D eigenvalue weighted by atomic mass is 10.0. The number of amides is 1. The molecule has 1 rings (SSSR count). The third-order valence-corrected chi connectivity index (χ3v) is 3.04. The highest BCUT2D eigenvalue weighted by Crippen LogP contribution is 2.10. The van der Waals surface area contributed by atoms with Crippen molar-refractivity contribution < 1.29 is 9.90 Å². The fraction of sp³-hybridized carbons (Fsp3) is 0.438. The maximum Gasteiger partial charge on any atom is 0.252 e. The van der Waals surface area contributed by atoms with E-state index >= 15 is 0 Å². The van der Waals surface area contributed by atoms with Crippen molar-refractivity contribution in [1.29, 1.82) is 0 Å². The second-order valence-electron chi connectivity index (χ2n) is 4.66. The van der Waals surface area contributed by atoms with Crippen LogP contribution in [-0.2, 0) is 0 Å². The lowest BCUT2D eigenvalue weighted by molar-refractivity contribution is 0.0950. The van der Waals surface area contributed by atoms with Crippen LogP contribution >= 0.6 is 0 Å². The van der Waals surface area contributed by atoms with Crippen LogP contribution < -0.4 is 5.32 Å². The Bertz CT molecular complexity index is 515. The molecule has 0 spiro atoms. The van der Waals surface area contributed by atoms with Crippen molar-refractivity contribution in [2.24, 2.45) is 0 Å². The summed E-state index contributed by atoms with van der Waals surface area (Å²) in [6, 6.07) is 5.52. The summed E-state index contributed by atoms with van der Waals surface area (Å²) >= 11 is 0. The maximum absolute atomic E-state index is 12.1. The van der Waals surface area contributed by atoms with E-state index in [1.165, 1.54) is 0 Å². The van der Waals surface area contributed by atoms with E-state index in [1.807, 2.05) is 26.1 Å². The molecular formula is C16H22N2O2. The number of likely N-dealkylation sites (N-methyl/N-ethyl adjacent to an activating group) is 1. The molecule has 1 aromatic rings. The van der Waals surface area contributed by atoms with Gasteiger partial charge in [0.05, 0.1) is 5.56 Å². The van der Waals surface area contributed by atoms with Crippen LogP contribution in [0.25, 0.3) is 0 Å². The molecule has 0 heterocycles. The Labute approximate surface area is 120 Å². The summed E-state index contributed by atoms with van der Waals surface area (Å²) in [5.41, 5.74) is 2.24. The van der Waals surface area contributed by atoms with E-state index in [2.05, 4.69) is 29.0 Å². The Balaban J connectivity index is 2.76. The first-order valence-corrected chi connectivity index (χ1v) is 6.75. The number of carbonyl (C=O) groups is 1. The van der Waals surface area contributed by atoms with Crippen molar-refractivity contribution in [2.45, 2.75) is 13.8 Å². The second-order valence-corrected chi connectivity index (χ2v) is 4.66. The van der Waals surface area contributed by atoms with Crippen LogP contribution in [0.3, 0.4) is 0 Å². The summed E-state index contributed by atoms with van der Waals surface area (Å²) in [5.74, 6) is 5.28. The van der Waals surface area contributed by atoms with E-state index in [0.29, 0.717) is 17.7 Å². The third kappa shape index (κ3) is 5.04. The van der Waals surface area contributed by atoms with Crippen LogP contribution in [0.1, 0.15) is 28.4 Å². The SMILES string of the molecule is CCN(C)CCNC(=O)c1ccc(C)cc1C#CCO. The van der Waals surface area contributed by atoms with Crippen LogP contribution in [0.5, 0.6) is 0 Å². The highest BCUT2D eigenvalue weighted by Gasteiger charge is 2.10. The van der Waals surface area contributed by atoms with Gasteiger partial charge in [-0.15, -0.1) is 0 Å². The van der Waals surface area contributed by atoms with Gasteiger partial charge in [0.25, 0.3) is 5.91 Å². The largest absolute Gasteiger partial charge is 0.384 e. The average Bonchev–Trinajstić information content (AvgIpc) is 2.44. The molecule has 0 aliphatic carbocycles. The zero-order valence-electron chi connectivity index (χ0n) is 12.4. The maximum atomic E-state index is 12.1. The van der Waals surface area contributed by atoms with Gasteiger partial charge in [-0.3, -0.25) is 4.79 Å². The van der Waals surface area contributed by atoms with E-state index in [1.54, 1.807) is 6.07 Å². The van der Waals surface area contributed by atoms with Crippen molar-refractivity contribution in [3.8, 4) is 11.8 Å². The van der Waals surface area contributed by atoms with Crippen LogP contribution in [0.15, 0.2) is 18.2 Å². The Morgan fingerprint density at radius 3 is 2.85 bits per heavy atom. The molecular weight excluding hydrogens is 252 g/mol. The minimum atomic E-state index is -0.212. The molecule has 0 saturated heterocycles. The molecule has 0 unspecified atom stereocenters. The number of carbonyl (C=O) groups excluding carboxylic acids is 1. The van der Waals surface area contributed by atoms with Gasteiger partial charge in [-0.1, -0.05) is 24.8 Å². The first-order valence-electron chi connectivity index (χ1n) is 6.75. The Morgan fingerprint density at radius 2 is 2.20 bits per heavy atom. The minimum absolute atomic E-state index is 0.128. The fourth-order valence-corrected chi connectivity index (χ4v) is 1.71. The highest BCUT2D eigenvalue weighted by atomic mass is 16.2. The number of rotatable bonds is 5. The van der Waals surface area contributed by atoms with Crippen LogP contribution in [0.4, 0.5) is 0 Å². The summed E-state index contributed by atoms with van der Waals surface area (Å²) < 4.78 is 0. The average molecular weight is 274 g/mol. The highest BCUT2D eigenvalue weighted by molar-refractivity contribution is 5.96. The Morgan fingerprint density at radius 1 is 1.45 bits per heavy atom. The number of aliphatic hydroxyl groups is 1. The summed E-state index contributed by atoms with van der Waals surface area (Å²) in [5, 5.41) is 11.7. The van der Waals surface area contributed by atoms with E-state index in [9.17, 15) is 4.79 Å². The summed E-state index contributed by atoms with van der Waals surface area (Å²) in [6.07, 6.45) is 0. The lowest BCUT2D eigenvalue weighted by Gasteiger charge is -2.14. The quantitative estimate of drug-likeness (QED) is 0.788. The lowest BCUT2D eigenvalue weighted by Crippen LogP contribution is -2.33. The number of hydrogen-bond acceptors (Lipinski definition) is 3. The summed E-state index contributed by atoms with van der Waals surface area (Å²) in [7, 11) is 2.01. The van der Waals surface area contributed by atoms with E-state index in [4.69, 9.17) is 5.11 Å². The predicted octanol–water partition coefficient (Wildman–Crippen LogP) is 1.02. The smallest absolute Gasteiger partial charge is 0.252 e. The van der Waals surface area contributed by atoms with Crippen molar-refractivity contribution in [1.82, 2.24) is 10.2 Å². The molecule has 0 bridgehead atoms. The number of aryl methyl sites for hydroxylation is 1. The van der Waals surface area contributed by atoms with Gasteiger partial charge in [0.15, 0.2) is 0 Å². The standard InChI is InChI=1S/C16H22N2O2/c1-4-18(3)10-9-17-16(20)15-8-7-13(2)12-14(15)6-5-11-19/h7-8,12,19H,4,9-11H2,1-3H3,(H,17,20). The minimum Gasteiger partial charge on any atom is -0.384 e. The molecule has 2 N–H and O–H groups in total. The van der Waals surface area contributed by atoms with E-state index in [-0.39, 0.29) is 12.5 Å². The molecule has 0 atom stereocenters. The molecule has 20 heavy (non-hydrogen) atoms. The Hall–Kier alpha value is -1.83. The predicted molar refractivity (Wildman–Crippen MR) is 80.6 cm³/mol. The molecule has 4 nitrogen and oxygen atoms in total. The van der Waals surface area contributed by atoms with E-state index in [0.717, 1.165) is 18.7 Å². The first kappa shape index (κ1) is 16.2. The van der Waals surface area contributed by atoms with Crippen LogP contribution in [0.2, 0.25) is 0 Å². The number of benzene rings is 1. The number of nitrogens with one attached hydrogen (secondary N) is 1. The zero-order chi connectivity index (χ0) is 15.0. The number of nitrogens with zero attached hydrogens (tertiary/aromatic N) is 1. The third-order valence-electron chi connectivity index (χ3n) is 3.04. The monoisotopic (exact) mass is 274 g/mol. The molecule has 0 radical (unpaired) electrons. The van der Waals surface area contributed by atoms with Crippen molar-refractivity contribution in [3.05, 3.63) is 34.9 Å². The number of hydrogen-bond donors (Lipinski definition) is 2. The number of aliphatic hydroxyl groups excluding tert-OH is 1. The van der Waals surface area contributed by atoms with Gasteiger partial charge in [0, 0.05) is 18.7 Å². The van der Waals surface area contributed by atoms with Crippen LogP contribution in [0, 0.1) is 18.8 Å². The molecule has 0 saturated carbocycles. The van der Waals surface area contributed by atoms with E-state index < -0.39 is 0 Å². The van der Waals surface area contributed by atoms with Gasteiger partial charge in [0.2, 0.25) is 0 Å². The van der Waals surface area contributed by atoms with Gasteiger partial charge in [0.1, 0.15) is 6.61 Å². The van der Waals surface area contributed by atoms with Gasteiger partial charge in [-0.2, -0.15) is 0 Å². The molecule has 0 aliphatic rings. The molecule has 1 aromatic carbocycles. The van der Waals surface area contributed by atoms with Crippen molar-refractivity contribution in [2.75, 3.05) is 33.3 Å². The molecule has 0 fully saturated rings. The fourth-order valence-electron chi connectivity index (χ4n) is 1.71. The molecule has 0 aromatic heterocycles. The van der Waals surface area contributed by atoms with Gasteiger partial charge in [-0.25, -0.2) is 0 Å². The van der Waals surface area contributed by atoms with Gasteiger partial charge < -0.3 is 15.3 Å². The van der Waals surface area contributed by atoms with Gasteiger partial charge in [-0.05, 0) is 38.2 Å². The first-order chi connectivity index (χ1) is 9.58. The van der Waals surface area contributed by atoms with Crippen molar-refractivity contribution >= 4 is 5.91 Å². The zero-order valence-corrected chi connectivity index (χ0v) is 12.4. The Kier molecular flexibility index (Phi) is 6.78. The van der Waals surface area contributed by atoms with Crippen molar-refractivity contribution in [3.63, 3.8) is 0 Å². The summed E-state index contributed by atoms with van der Waals surface area (Å²) in [4.78, 5) is 14.3. The molecule has 0 aliphatic heterocycles. The van der Waals surface area contributed by atoms with Crippen LogP contribution in [-0.4, -0.2) is 49.2 Å². The molecule has 1 amide bonds. The molecule has 4 heteroatoms. The summed E-state index contributed by atoms with van der Waals surface area (Å²) in [6.45, 7) is 6.17. The topological polar surface area (TPSA) is 52.6 Å².